The summed E-state index contributed by atoms with van der Waals surface area (Å²) in [5, 5.41) is 0. The van der Waals surface area contributed by atoms with Crippen molar-refractivity contribution >= 4 is 43.6 Å². The standard InChI is InChI=1S/C8H14Br2S/c1-3-4-5-6-7(9)8(10)11-2/h3-6H2,1-2H3/b8-7+. The Morgan fingerprint density at radius 1 is 1.27 bits per heavy atom. The molecule has 0 heterocycles. The molecular formula is C8H14Br2S. The van der Waals surface area contributed by atoms with Crippen molar-refractivity contribution in [2.45, 2.75) is 32.6 Å². The van der Waals surface area contributed by atoms with Crippen LogP contribution in [0.2, 0.25) is 0 Å². The van der Waals surface area contributed by atoms with E-state index in [4.69, 9.17) is 0 Å². The summed E-state index contributed by atoms with van der Waals surface area (Å²) in [6.07, 6.45) is 7.13. The summed E-state index contributed by atoms with van der Waals surface area (Å²) in [5.41, 5.74) is 0. The molecule has 0 nitrogen and oxygen atoms in total. The van der Waals surface area contributed by atoms with Crippen LogP contribution in [0.1, 0.15) is 32.6 Å². The van der Waals surface area contributed by atoms with E-state index in [0.717, 1.165) is 6.42 Å². The minimum absolute atomic E-state index is 1.16. The second-order valence-corrected chi connectivity index (χ2v) is 5.43. The average molecular weight is 302 g/mol. The zero-order valence-electron chi connectivity index (χ0n) is 6.99. The quantitative estimate of drug-likeness (QED) is 0.652. The highest BCUT2D eigenvalue weighted by Gasteiger charge is 1.98. The van der Waals surface area contributed by atoms with Crippen LogP contribution in [0.15, 0.2) is 8.30 Å². The molecule has 0 amide bonds. The molecule has 0 saturated carbocycles. The van der Waals surface area contributed by atoms with E-state index >= 15 is 0 Å². The SMILES string of the molecule is CCCCC/C(Br)=C(/Br)SC. The molecule has 0 aliphatic heterocycles. The van der Waals surface area contributed by atoms with E-state index in [-0.39, 0.29) is 0 Å². The van der Waals surface area contributed by atoms with Crippen molar-refractivity contribution in [2.75, 3.05) is 6.26 Å². The van der Waals surface area contributed by atoms with Gasteiger partial charge in [0.15, 0.2) is 0 Å². The minimum Gasteiger partial charge on any atom is -0.121 e. The molecule has 0 unspecified atom stereocenters. The Bertz CT molecular complexity index is 132. The molecule has 0 aliphatic rings. The highest BCUT2D eigenvalue weighted by Crippen LogP contribution is 2.30. The third kappa shape index (κ3) is 6.23. The summed E-state index contributed by atoms with van der Waals surface area (Å²) in [6, 6.07) is 0. The van der Waals surface area contributed by atoms with Gasteiger partial charge in [0.05, 0.1) is 3.81 Å². The van der Waals surface area contributed by atoms with Crippen LogP contribution in [0.5, 0.6) is 0 Å². The Morgan fingerprint density at radius 3 is 2.36 bits per heavy atom. The maximum Gasteiger partial charge on any atom is 0.0601 e. The van der Waals surface area contributed by atoms with Gasteiger partial charge in [-0.25, -0.2) is 0 Å². The molecule has 0 N–H and O–H groups in total. The highest BCUT2D eigenvalue weighted by atomic mass is 79.9. The number of hydrogen-bond donors (Lipinski definition) is 0. The van der Waals surface area contributed by atoms with Crippen molar-refractivity contribution in [1.82, 2.24) is 0 Å². The van der Waals surface area contributed by atoms with E-state index in [2.05, 4.69) is 45.0 Å². The summed E-state index contributed by atoms with van der Waals surface area (Å²) >= 11 is 8.78. The Hall–Kier alpha value is 1.05. The van der Waals surface area contributed by atoms with Gasteiger partial charge < -0.3 is 0 Å². The van der Waals surface area contributed by atoms with Crippen LogP contribution in [0, 0.1) is 0 Å². The van der Waals surface area contributed by atoms with Crippen molar-refractivity contribution in [3.05, 3.63) is 8.30 Å². The normalized spacial score (nSPS) is 13.1. The zero-order chi connectivity index (χ0) is 8.69. The van der Waals surface area contributed by atoms with E-state index in [1.54, 1.807) is 11.8 Å². The topological polar surface area (TPSA) is 0 Å². The first-order chi connectivity index (χ1) is 5.22. The van der Waals surface area contributed by atoms with E-state index < -0.39 is 0 Å². The second kappa shape index (κ2) is 7.69. The summed E-state index contributed by atoms with van der Waals surface area (Å²) in [6.45, 7) is 2.22. The zero-order valence-corrected chi connectivity index (χ0v) is 11.0. The van der Waals surface area contributed by atoms with E-state index in [1.807, 2.05) is 0 Å². The molecule has 0 aromatic rings. The van der Waals surface area contributed by atoms with Gasteiger partial charge in [0.1, 0.15) is 0 Å². The van der Waals surface area contributed by atoms with Gasteiger partial charge in [-0.15, -0.1) is 11.8 Å². The van der Waals surface area contributed by atoms with Crippen molar-refractivity contribution in [3.63, 3.8) is 0 Å². The van der Waals surface area contributed by atoms with Gasteiger partial charge in [-0.1, -0.05) is 35.7 Å². The molecule has 0 aromatic heterocycles. The summed E-state index contributed by atoms with van der Waals surface area (Å²) in [4.78, 5) is 0. The Kier molecular flexibility index (Phi) is 8.42. The molecular weight excluding hydrogens is 288 g/mol. The van der Waals surface area contributed by atoms with Gasteiger partial charge >= 0.3 is 0 Å². The lowest BCUT2D eigenvalue weighted by molar-refractivity contribution is 0.727. The number of rotatable bonds is 5. The predicted molar refractivity (Wildman–Crippen MR) is 62.5 cm³/mol. The van der Waals surface area contributed by atoms with Gasteiger partial charge in [0.25, 0.3) is 0 Å². The Balaban J connectivity index is 3.58. The van der Waals surface area contributed by atoms with Crippen LogP contribution in [0.4, 0.5) is 0 Å². The fraction of sp³-hybridized carbons (Fsp3) is 0.750. The van der Waals surface area contributed by atoms with E-state index in [1.165, 1.54) is 27.6 Å². The van der Waals surface area contributed by atoms with E-state index in [9.17, 15) is 0 Å². The number of thioether (sulfide) groups is 1. The average Bonchev–Trinajstić information content (AvgIpc) is 2.03. The van der Waals surface area contributed by atoms with Gasteiger partial charge in [-0.05, 0) is 35.0 Å². The number of unbranched alkanes of at least 4 members (excludes halogenated alkanes) is 2. The molecule has 66 valence electrons. The molecule has 11 heavy (non-hydrogen) atoms. The van der Waals surface area contributed by atoms with Crippen LogP contribution >= 0.6 is 43.6 Å². The molecule has 0 fully saturated rings. The van der Waals surface area contributed by atoms with Gasteiger partial charge in [-0.3, -0.25) is 0 Å². The minimum atomic E-state index is 1.16. The van der Waals surface area contributed by atoms with Gasteiger partial charge in [0, 0.05) is 4.48 Å². The van der Waals surface area contributed by atoms with Crippen LogP contribution in [0.3, 0.4) is 0 Å². The molecule has 0 aliphatic carbocycles. The molecule has 0 spiro atoms. The molecule has 0 rings (SSSR count). The Morgan fingerprint density at radius 2 is 1.91 bits per heavy atom. The molecule has 3 heteroatoms. The van der Waals surface area contributed by atoms with Crippen molar-refractivity contribution < 1.29 is 0 Å². The fourth-order valence-electron chi connectivity index (χ4n) is 0.739. The highest BCUT2D eigenvalue weighted by molar-refractivity contribution is 9.15. The summed E-state index contributed by atoms with van der Waals surface area (Å²) in [5.74, 6) is 0. The first kappa shape index (κ1) is 12.0. The number of halogens is 2. The first-order valence-electron chi connectivity index (χ1n) is 3.80. The summed E-state index contributed by atoms with van der Waals surface area (Å²) in [7, 11) is 0. The van der Waals surface area contributed by atoms with Crippen LogP contribution in [-0.4, -0.2) is 6.26 Å². The lowest BCUT2D eigenvalue weighted by Gasteiger charge is -2.00. The predicted octanol–water partition coefficient (Wildman–Crippen LogP) is 4.89. The van der Waals surface area contributed by atoms with Gasteiger partial charge in [-0.2, -0.15) is 0 Å². The van der Waals surface area contributed by atoms with Gasteiger partial charge in [0.2, 0.25) is 0 Å². The largest absolute Gasteiger partial charge is 0.121 e. The molecule has 0 saturated heterocycles. The summed E-state index contributed by atoms with van der Waals surface area (Å²) < 4.78 is 2.53. The fourth-order valence-corrected chi connectivity index (χ4v) is 2.03. The van der Waals surface area contributed by atoms with E-state index in [0.29, 0.717) is 0 Å². The first-order valence-corrected chi connectivity index (χ1v) is 6.61. The maximum atomic E-state index is 3.55. The maximum absolute atomic E-state index is 3.55. The third-order valence-corrected chi connectivity index (χ3v) is 5.03. The Labute approximate surface area is 90.5 Å². The second-order valence-electron chi connectivity index (χ2n) is 2.34. The molecule has 0 atom stereocenters. The lowest BCUT2D eigenvalue weighted by atomic mass is 10.2. The van der Waals surface area contributed by atoms with Crippen LogP contribution in [0.25, 0.3) is 0 Å². The van der Waals surface area contributed by atoms with Crippen LogP contribution in [-0.2, 0) is 0 Å². The molecule has 0 aromatic carbocycles. The monoisotopic (exact) mass is 300 g/mol. The molecule has 0 bridgehead atoms. The smallest absolute Gasteiger partial charge is 0.0601 e. The van der Waals surface area contributed by atoms with Crippen molar-refractivity contribution in [1.29, 1.82) is 0 Å². The van der Waals surface area contributed by atoms with Crippen molar-refractivity contribution in [3.8, 4) is 0 Å². The number of allylic oxidation sites excluding steroid dienone is 1. The molecule has 0 radical (unpaired) electrons. The van der Waals surface area contributed by atoms with Crippen molar-refractivity contribution in [2.24, 2.45) is 0 Å². The van der Waals surface area contributed by atoms with Crippen LogP contribution < -0.4 is 0 Å². The lowest BCUT2D eigenvalue weighted by Crippen LogP contribution is -1.77. The number of hydrogen-bond acceptors (Lipinski definition) is 1. The third-order valence-electron chi connectivity index (χ3n) is 1.39.